The van der Waals surface area contributed by atoms with Gasteiger partial charge < -0.3 is 18.8 Å². The highest BCUT2D eigenvalue weighted by molar-refractivity contribution is 6.05. The quantitative estimate of drug-likeness (QED) is 0.668. The summed E-state index contributed by atoms with van der Waals surface area (Å²) < 4.78 is 18.2. The third-order valence-electron chi connectivity index (χ3n) is 5.44. The molecule has 2 aromatic carbocycles. The second kappa shape index (κ2) is 8.03. The standard InChI is InChI=1S/C22H25N3O4/c1-27-18-12-14(13-19(28-2)20(18)29-3)21(26)24-22-23-16-10-6-7-11-17(16)25(22)15-8-4-5-9-15/h6-7,10-13,15H,4-5,8-9H2,1-3H3,(H,23,24,26). The minimum absolute atomic E-state index is 0.279. The number of carbonyl (C=O) groups excluding carboxylic acids is 1. The van der Waals surface area contributed by atoms with E-state index in [-0.39, 0.29) is 5.91 Å². The molecule has 3 aromatic rings. The zero-order valence-electron chi connectivity index (χ0n) is 16.9. The molecule has 0 aliphatic heterocycles. The largest absolute Gasteiger partial charge is 0.493 e. The summed E-state index contributed by atoms with van der Waals surface area (Å²) >= 11 is 0. The van der Waals surface area contributed by atoms with Crippen molar-refractivity contribution in [3.8, 4) is 17.2 Å². The molecule has 1 aliphatic carbocycles. The monoisotopic (exact) mass is 395 g/mol. The number of fused-ring (bicyclic) bond motifs is 1. The Morgan fingerprint density at radius 1 is 1.03 bits per heavy atom. The number of ether oxygens (including phenoxy) is 3. The molecule has 1 fully saturated rings. The molecule has 1 N–H and O–H groups in total. The topological polar surface area (TPSA) is 74.6 Å². The van der Waals surface area contributed by atoms with Gasteiger partial charge >= 0.3 is 0 Å². The van der Waals surface area contributed by atoms with Crippen molar-refractivity contribution in [3.05, 3.63) is 42.0 Å². The summed E-state index contributed by atoms with van der Waals surface area (Å²) in [5.41, 5.74) is 2.32. The number of nitrogens with zero attached hydrogens (tertiary/aromatic N) is 2. The van der Waals surface area contributed by atoms with Crippen molar-refractivity contribution in [2.24, 2.45) is 0 Å². The number of hydrogen-bond acceptors (Lipinski definition) is 5. The van der Waals surface area contributed by atoms with Crippen molar-refractivity contribution >= 4 is 22.9 Å². The van der Waals surface area contributed by atoms with Gasteiger partial charge in [-0.1, -0.05) is 25.0 Å². The summed E-state index contributed by atoms with van der Waals surface area (Å²) in [5.74, 6) is 1.60. The lowest BCUT2D eigenvalue weighted by Crippen LogP contribution is -2.18. The average molecular weight is 395 g/mol. The van der Waals surface area contributed by atoms with Gasteiger partial charge in [0.05, 0.1) is 32.4 Å². The van der Waals surface area contributed by atoms with Crippen LogP contribution in [0.1, 0.15) is 42.1 Å². The Bertz CT molecular complexity index is 1010. The summed E-state index contributed by atoms with van der Waals surface area (Å²) in [6.07, 6.45) is 4.57. The van der Waals surface area contributed by atoms with Gasteiger partial charge in [-0.3, -0.25) is 10.1 Å². The van der Waals surface area contributed by atoms with E-state index in [9.17, 15) is 4.79 Å². The van der Waals surface area contributed by atoms with Crippen molar-refractivity contribution in [2.45, 2.75) is 31.7 Å². The summed E-state index contributed by atoms with van der Waals surface area (Å²) in [5, 5.41) is 2.99. The molecule has 29 heavy (non-hydrogen) atoms. The molecule has 1 saturated carbocycles. The van der Waals surface area contributed by atoms with E-state index < -0.39 is 0 Å². The van der Waals surface area contributed by atoms with Gasteiger partial charge in [0, 0.05) is 11.6 Å². The highest BCUT2D eigenvalue weighted by Gasteiger charge is 2.24. The maximum Gasteiger partial charge on any atom is 0.258 e. The van der Waals surface area contributed by atoms with Crippen LogP contribution in [0.2, 0.25) is 0 Å². The number of amides is 1. The van der Waals surface area contributed by atoms with Gasteiger partial charge in [0.2, 0.25) is 11.7 Å². The molecule has 0 atom stereocenters. The van der Waals surface area contributed by atoms with E-state index in [2.05, 4.69) is 20.9 Å². The summed E-state index contributed by atoms with van der Waals surface area (Å²) in [6.45, 7) is 0. The summed E-state index contributed by atoms with van der Waals surface area (Å²) in [7, 11) is 4.58. The molecule has 0 radical (unpaired) electrons. The smallest absolute Gasteiger partial charge is 0.258 e. The van der Waals surface area contributed by atoms with E-state index in [1.165, 1.54) is 34.2 Å². The zero-order chi connectivity index (χ0) is 20.4. The lowest BCUT2D eigenvalue weighted by Gasteiger charge is -2.17. The molecule has 0 unspecified atom stereocenters. The molecule has 7 heteroatoms. The van der Waals surface area contributed by atoms with Crippen LogP contribution >= 0.6 is 0 Å². The first-order valence-corrected chi connectivity index (χ1v) is 9.74. The third-order valence-corrected chi connectivity index (χ3v) is 5.44. The second-order valence-corrected chi connectivity index (χ2v) is 7.10. The van der Waals surface area contributed by atoms with Crippen LogP contribution in [-0.4, -0.2) is 36.8 Å². The van der Waals surface area contributed by atoms with Gasteiger partial charge in [0.15, 0.2) is 11.5 Å². The van der Waals surface area contributed by atoms with E-state index in [1.54, 1.807) is 12.1 Å². The van der Waals surface area contributed by atoms with Crippen LogP contribution in [0.4, 0.5) is 5.95 Å². The minimum atomic E-state index is -0.279. The molecule has 152 valence electrons. The Hall–Kier alpha value is -3.22. The van der Waals surface area contributed by atoms with E-state index in [1.807, 2.05) is 18.2 Å². The lowest BCUT2D eigenvalue weighted by atomic mass is 10.1. The van der Waals surface area contributed by atoms with E-state index in [0.29, 0.717) is 34.8 Å². The number of para-hydroxylation sites is 2. The number of imidazole rings is 1. The predicted molar refractivity (Wildman–Crippen MR) is 111 cm³/mol. The number of aromatic nitrogens is 2. The maximum absolute atomic E-state index is 13.1. The van der Waals surface area contributed by atoms with E-state index in [4.69, 9.17) is 14.2 Å². The van der Waals surface area contributed by atoms with Crippen LogP contribution in [0, 0.1) is 0 Å². The number of carbonyl (C=O) groups is 1. The fraction of sp³-hybridized carbons (Fsp3) is 0.364. The molecule has 4 rings (SSSR count). The minimum Gasteiger partial charge on any atom is -0.493 e. The van der Waals surface area contributed by atoms with E-state index in [0.717, 1.165) is 23.9 Å². The Morgan fingerprint density at radius 2 is 1.69 bits per heavy atom. The van der Waals surface area contributed by atoms with Gasteiger partial charge in [-0.15, -0.1) is 0 Å². The Balaban J connectivity index is 1.72. The van der Waals surface area contributed by atoms with Gasteiger partial charge in [-0.25, -0.2) is 4.98 Å². The molecule has 0 bridgehead atoms. The fourth-order valence-electron chi connectivity index (χ4n) is 4.05. The van der Waals surface area contributed by atoms with Crippen LogP contribution in [0.5, 0.6) is 17.2 Å². The molecular weight excluding hydrogens is 370 g/mol. The normalized spacial score (nSPS) is 14.2. The first-order valence-electron chi connectivity index (χ1n) is 9.74. The van der Waals surface area contributed by atoms with Crippen LogP contribution in [0.25, 0.3) is 11.0 Å². The van der Waals surface area contributed by atoms with Crippen molar-refractivity contribution in [2.75, 3.05) is 26.6 Å². The zero-order valence-corrected chi connectivity index (χ0v) is 16.9. The fourth-order valence-corrected chi connectivity index (χ4v) is 4.05. The van der Waals surface area contributed by atoms with Gasteiger partial charge in [-0.05, 0) is 37.1 Å². The first-order chi connectivity index (χ1) is 14.2. The van der Waals surface area contributed by atoms with Crippen molar-refractivity contribution in [3.63, 3.8) is 0 Å². The van der Waals surface area contributed by atoms with Crippen LogP contribution in [0.3, 0.4) is 0 Å². The molecule has 1 heterocycles. The molecule has 1 aromatic heterocycles. The number of benzene rings is 2. The third kappa shape index (κ3) is 3.48. The molecule has 1 aliphatic rings. The van der Waals surface area contributed by atoms with Gasteiger partial charge in [0.25, 0.3) is 5.91 Å². The Labute approximate surface area is 169 Å². The molecule has 0 saturated heterocycles. The van der Waals surface area contributed by atoms with Gasteiger partial charge in [-0.2, -0.15) is 0 Å². The van der Waals surface area contributed by atoms with Crippen LogP contribution in [-0.2, 0) is 0 Å². The SMILES string of the molecule is COc1cc(C(=O)Nc2nc3ccccc3n2C2CCCC2)cc(OC)c1OC. The first kappa shape index (κ1) is 19.1. The second-order valence-electron chi connectivity index (χ2n) is 7.10. The predicted octanol–water partition coefficient (Wildman–Crippen LogP) is 4.43. The van der Waals surface area contributed by atoms with Gasteiger partial charge in [0.1, 0.15) is 0 Å². The Morgan fingerprint density at radius 3 is 2.31 bits per heavy atom. The number of nitrogens with one attached hydrogen (secondary N) is 1. The lowest BCUT2D eigenvalue weighted by molar-refractivity contribution is 0.102. The van der Waals surface area contributed by atoms with Crippen LogP contribution < -0.4 is 19.5 Å². The number of anilines is 1. The maximum atomic E-state index is 13.1. The average Bonchev–Trinajstić information content (AvgIpc) is 3.39. The van der Waals surface area contributed by atoms with Crippen molar-refractivity contribution < 1.29 is 19.0 Å². The number of rotatable bonds is 6. The van der Waals surface area contributed by atoms with E-state index >= 15 is 0 Å². The van der Waals surface area contributed by atoms with Crippen molar-refractivity contribution in [1.29, 1.82) is 0 Å². The summed E-state index contributed by atoms with van der Waals surface area (Å²) in [6, 6.07) is 11.6. The molecule has 1 amide bonds. The number of hydrogen-bond donors (Lipinski definition) is 1. The molecular formula is C22H25N3O4. The highest BCUT2D eigenvalue weighted by atomic mass is 16.5. The highest BCUT2D eigenvalue weighted by Crippen LogP contribution is 2.39. The number of methoxy groups -OCH3 is 3. The summed E-state index contributed by atoms with van der Waals surface area (Å²) in [4.78, 5) is 17.8. The van der Waals surface area contributed by atoms with Crippen LogP contribution in [0.15, 0.2) is 36.4 Å². The molecule has 0 spiro atoms. The molecule has 7 nitrogen and oxygen atoms in total. The van der Waals surface area contributed by atoms with Crippen molar-refractivity contribution in [1.82, 2.24) is 9.55 Å². The Kier molecular flexibility index (Phi) is 5.29.